The fourth-order valence-corrected chi connectivity index (χ4v) is 1.61. The Morgan fingerprint density at radius 1 is 1.05 bits per heavy atom. The Bertz CT molecular complexity index is 537. The summed E-state index contributed by atoms with van der Waals surface area (Å²) in [6.45, 7) is 1.66. The maximum absolute atomic E-state index is 10.9. The van der Waals surface area contributed by atoms with Crippen LogP contribution in [-0.2, 0) is 4.79 Å². The number of carbonyl (C=O) groups is 1. The molecule has 0 spiro atoms. The van der Waals surface area contributed by atoms with Crippen LogP contribution in [0.25, 0.3) is 0 Å². The van der Waals surface area contributed by atoms with Crippen molar-refractivity contribution >= 4 is 5.97 Å². The van der Waals surface area contributed by atoms with Crippen molar-refractivity contribution in [2.75, 3.05) is 0 Å². The van der Waals surface area contributed by atoms with Gasteiger partial charge in [0.25, 0.3) is 0 Å². The highest BCUT2D eigenvalue weighted by atomic mass is 16.5. The van der Waals surface area contributed by atoms with E-state index in [4.69, 9.17) is 9.84 Å². The first kappa shape index (κ1) is 14.7. The summed E-state index contributed by atoms with van der Waals surface area (Å²) in [6, 6.07) is 16.6. The zero-order chi connectivity index (χ0) is 13.0. The van der Waals surface area contributed by atoms with Crippen molar-refractivity contribution in [3.05, 3.63) is 60.2 Å². The van der Waals surface area contributed by atoms with Gasteiger partial charge in [0.05, 0.1) is 5.92 Å². The predicted octanol–water partition coefficient (Wildman–Crippen LogP) is 2.84. The molecule has 0 fully saturated rings. The molecule has 4 nitrogen and oxygen atoms in total. The molecular formula is C15H16O4. The first-order valence-corrected chi connectivity index (χ1v) is 5.72. The fourth-order valence-electron chi connectivity index (χ4n) is 1.61. The monoisotopic (exact) mass is 260 g/mol. The smallest absolute Gasteiger partial charge is 0.310 e. The molecule has 0 saturated heterocycles. The van der Waals surface area contributed by atoms with E-state index >= 15 is 0 Å². The fraction of sp³-hybridized carbons (Fsp3) is 0.133. The van der Waals surface area contributed by atoms with Crippen molar-refractivity contribution in [1.29, 1.82) is 0 Å². The number of para-hydroxylation sites is 1. The molecule has 1 unspecified atom stereocenters. The standard InChI is InChI=1S/C15H14O3.H2O/c1-11(15(16)17)12-6-5-9-14(10-12)18-13-7-3-2-4-8-13;/h2-11H,1H3,(H,16,17);1H2. The van der Waals surface area contributed by atoms with Crippen LogP contribution in [0.3, 0.4) is 0 Å². The van der Waals surface area contributed by atoms with Crippen molar-refractivity contribution in [2.24, 2.45) is 0 Å². The van der Waals surface area contributed by atoms with Gasteiger partial charge < -0.3 is 15.3 Å². The summed E-state index contributed by atoms with van der Waals surface area (Å²) in [5.74, 6) is 0.000567. The van der Waals surface area contributed by atoms with Gasteiger partial charge in [-0.05, 0) is 36.8 Å². The molecule has 0 aromatic heterocycles. The third-order valence-corrected chi connectivity index (χ3v) is 2.71. The summed E-state index contributed by atoms with van der Waals surface area (Å²) in [5.41, 5.74) is 0.732. The zero-order valence-electron chi connectivity index (χ0n) is 10.5. The summed E-state index contributed by atoms with van der Waals surface area (Å²) in [6.07, 6.45) is 0. The Hall–Kier alpha value is -2.33. The largest absolute Gasteiger partial charge is 0.481 e. The molecule has 100 valence electrons. The number of benzene rings is 2. The highest BCUT2D eigenvalue weighted by Gasteiger charge is 2.13. The molecular weight excluding hydrogens is 244 g/mol. The van der Waals surface area contributed by atoms with Gasteiger partial charge in [0.2, 0.25) is 0 Å². The third kappa shape index (κ3) is 3.82. The van der Waals surface area contributed by atoms with E-state index in [9.17, 15) is 4.79 Å². The van der Waals surface area contributed by atoms with E-state index in [0.717, 1.165) is 11.3 Å². The Morgan fingerprint density at radius 2 is 1.68 bits per heavy atom. The van der Waals surface area contributed by atoms with E-state index in [1.165, 1.54) is 0 Å². The third-order valence-electron chi connectivity index (χ3n) is 2.71. The number of hydrogen-bond donors (Lipinski definition) is 1. The lowest BCUT2D eigenvalue weighted by Crippen LogP contribution is -2.07. The van der Waals surface area contributed by atoms with E-state index in [0.29, 0.717) is 5.75 Å². The van der Waals surface area contributed by atoms with Crippen LogP contribution in [0.2, 0.25) is 0 Å². The van der Waals surface area contributed by atoms with Gasteiger partial charge in [-0.25, -0.2) is 0 Å². The molecule has 0 saturated carbocycles. The highest BCUT2D eigenvalue weighted by molar-refractivity contribution is 5.75. The van der Waals surface area contributed by atoms with Gasteiger partial charge in [0, 0.05) is 0 Å². The SMILES string of the molecule is CC(C(=O)O)c1cccc(Oc2ccccc2)c1.O. The Labute approximate surface area is 111 Å². The van der Waals surface area contributed by atoms with Crippen LogP contribution in [0.4, 0.5) is 0 Å². The van der Waals surface area contributed by atoms with Crippen molar-refractivity contribution in [3.63, 3.8) is 0 Å². The number of carboxylic acids is 1. The molecule has 0 radical (unpaired) electrons. The van der Waals surface area contributed by atoms with E-state index < -0.39 is 11.9 Å². The van der Waals surface area contributed by atoms with E-state index in [1.807, 2.05) is 36.4 Å². The second kappa shape index (κ2) is 6.56. The van der Waals surface area contributed by atoms with Crippen LogP contribution < -0.4 is 4.74 Å². The van der Waals surface area contributed by atoms with Gasteiger partial charge in [-0.2, -0.15) is 0 Å². The van der Waals surface area contributed by atoms with Gasteiger partial charge in [-0.1, -0.05) is 30.3 Å². The molecule has 2 aromatic carbocycles. The molecule has 0 aliphatic carbocycles. The Kier molecular flexibility index (Phi) is 5.09. The summed E-state index contributed by atoms with van der Waals surface area (Å²) in [4.78, 5) is 10.9. The van der Waals surface area contributed by atoms with Crippen LogP contribution in [-0.4, -0.2) is 16.6 Å². The molecule has 0 bridgehead atoms. The average molecular weight is 260 g/mol. The maximum Gasteiger partial charge on any atom is 0.310 e. The second-order valence-electron chi connectivity index (χ2n) is 4.05. The Balaban J connectivity index is 0.00000180. The quantitative estimate of drug-likeness (QED) is 0.918. The lowest BCUT2D eigenvalue weighted by Gasteiger charge is -2.10. The molecule has 3 N–H and O–H groups in total. The lowest BCUT2D eigenvalue weighted by atomic mass is 10.0. The average Bonchev–Trinajstić information content (AvgIpc) is 2.39. The minimum absolute atomic E-state index is 0. The van der Waals surface area contributed by atoms with Gasteiger partial charge >= 0.3 is 5.97 Å². The van der Waals surface area contributed by atoms with Crippen LogP contribution in [0.1, 0.15) is 18.4 Å². The number of ether oxygens (including phenoxy) is 1. The minimum Gasteiger partial charge on any atom is -0.481 e. The van der Waals surface area contributed by atoms with Crippen molar-refractivity contribution in [3.8, 4) is 11.5 Å². The van der Waals surface area contributed by atoms with Gasteiger partial charge in [-0.15, -0.1) is 0 Å². The number of hydrogen-bond acceptors (Lipinski definition) is 2. The second-order valence-corrected chi connectivity index (χ2v) is 4.05. The highest BCUT2D eigenvalue weighted by Crippen LogP contribution is 2.25. The van der Waals surface area contributed by atoms with E-state index in [1.54, 1.807) is 25.1 Å². The molecule has 0 aliphatic rings. The summed E-state index contributed by atoms with van der Waals surface area (Å²) in [7, 11) is 0. The van der Waals surface area contributed by atoms with Gasteiger partial charge in [0.15, 0.2) is 0 Å². The molecule has 2 rings (SSSR count). The predicted molar refractivity (Wildman–Crippen MR) is 72.6 cm³/mol. The molecule has 4 heteroatoms. The molecule has 0 amide bonds. The topological polar surface area (TPSA) is 78.0 Å². The maximum atomic E-state index is 10.9. The molecule has 0 aliphatic heterocycles. The van der Waals surface area contributed by atoms with Gasteiger partial charge in [-0.3, -0.25) is 4.79 Å². The van der Waals surface area contributed by atoms with Crippen molar-refractivity contribution < 1.29 is 20.1 Å². The summed E-state index contributed by atoms with van der Waals surface area (Å²) in [5, 5.41) is 8.98. The Morgan fingerprint density at radius 3 is 2.32 bits per heavy atom. The number of aliphatic carboxylic acids is 1. The molecule has 0 heterocycles. The molecule has 1 atom stereocenters. The molecule has 2 aromatic rings. The summed E-state index contributed by atoms with van der Waals surface area (Å²) < 4.78 is 5.66. The van der Waals surface area contributed by atoms with Crippen molar-refractivity contribution in [2.45, 2.75) is 12.8 Å². The normalized spacial score (nSPS) is 11.2. The number of carboxylic acid groups (broad SMARTS) is 1. The summed E-state index contributed by atoms with van der Waals surface area (Å²) >= 11 is 0. The zero-order valence-corrected chi connectivity index (χ0v) is 10.5. The van der Waals surface area contributed by atoms with E-state index in [-0.39, 0.29) is 5.48 Å². The lowest BCUT2D eigenvalue weighted by molar-refractivity contribution is -0.138. The van der Waals surface area contributed by atoms with Crippen LogP contribution in [0, 0.1) is 0 Å². The molecule has 19 heavy (non-hydrogen) atoms. The van der Waals surface area contributed by atoms with Crippen LogP contribution in [0.15, 0.2) is 54.6 Å². The first-order chi connectivity index (χ1) is 8.66. The number of rotatable bonds is 4. The van der Waals surface area contributed by atoms with Gasteiger partial charge in [0.1, 0.15) is 11.5 Å². The van der Waals surface area contributed by atoms with E-state index in [2.05, 4.69) is 0 Å². The van der Waals surface area contributed by atoms with Crippen molar-refractivity contribution in [1.82, 2.24) is 0 Å². The van der Waals surface area contributed by atoms with Crippen LogP contribution in [0.5, 0.6) is 11.5 Å². The minimum atomic E-state index is -0.841. The van der Waals surface area contributed by atoms with Crippen LogP contribution >= 0.6 is 0 Å². The first-order valence-electron chi connectivity index (χ1n) is 5.72.